The monoisotopic (exact) mass is 186 g/mol. The first-order valence-electron chi connectivity index (χ1n) is 3.63. The molecule has 0 saturated carbocycles. The molecule has 1 amide bonds. The van der Waals surface area contributed by atoms with Gasteiger partial charge in [0.05, 0.1) is 6.04 Å². The molecule has 3 N–H and O–H groups in total. The molecule has 72 valence electrons. The Kier molecular flexibility index (Phi) is 2.36. The van der Waals surface area contributed by atoms with Crippen LogP contribution in [0.4, 0.5) is 4.79 Å². The van der Waals surface area contributed by atoms with Crippen LogP contribution < -0.4 is 11.0 Å². The molecule has 1 aromatic heterocycles. The lowest BCUT2D eigenvalue weighted by atomic mass is 10.3. The molecule has 13 heavy (non-hydrogen) atoms. The molecule has 0 aromatic carbocycles. The molecule has 1 aromatic rings. The Labute approximate surface area is 73.4 Å². The molecular weight excluding hydrogens is 176 g/mol. The molecule has 1 unspecified atom stereocenters. The fourth-order valence-corrected chi connectivity index (χ4v) is 0.996. The first-order valence-corrected chi connectivity index (χ1v) is 3.63. The van der Waals surface area contributed by atoms with Gasteiger partial charge in [0.15, 0.2) is 5.82 Å². The van der Waals surface area contributed by atoms with E-state index < -0.39 is 12.1 Å². The summed E-state index contributed by atoms with van der Waals surface area (Å²) in [4.78, 5) is 21.2. The predicted octanol–water partition coefficient (Wildman–Crippen LogP) is -0.563. The first-order chi connectivity index (χ1) is 6.02. The second kappa shape index (κ2) is 3.30. The highest BCUT2D eigenvalue weighted by Gasteiger charge is 2.14. The van der Waals surface area contributed by atoms with Gasteiger partial charge in [-0.2, -0.15) is 5.10 Å². The highest BCUT2D eigenvalue weighted by molar-refractivity contribution is 5.64. The Morgan fingerprint density at radius 1 is 1.77 bits per heavy atom. The third-order valence-corrected chi connectivity index (χ3v) is 1.64. The number of nitrogens with zero attached hydrogens (tertiary/aromatic N) is 2. The smallest absolute Gasteiger partial charge is 0.405 e. The van der Waals surface area contributed by atoms with E-state index in [2.05, 4.69) is 15.5 Å². The standard InChI is InChI=1S/C6H10N4O3/c1-3(7-6(12)13)4-8-9-5(11)10(4)2/h3,7H,1-2H3,(H,9,11)(H,12,13). The Hall–Kier alpha value is -1.79. The molecule has 1 rings (SSSR count). The van der Waals surface area contributed by atoms with Gasteiger partial charge in [-0.1, -0.05) is 0 Å². The fraction of sp³-hybridized carbons (Fsp3) is 0.500. The second-order valence-corrected chi connectivity index (χ2v) is 2.62. The number of hydrogen-bond acceptors (Lipinski definition) is 3. The third kappa shape index (κ3) is 1.86. The van der Waals surface area contributed by atoms with Gasteiger partial charge >= 0.3 is 11.8 Å². The highest BCUT2D eigenvalue weighted by Crippen LogP contribution is 2.04. The van der Waals surface area contributed by atoms with Crippen LogP contribution in [-0.4, -0.2) is 26.0 Å². The summed E-state index contributed by atoms with van der Waals surface area (Å²) in [5.74, 6) is 0.354. The van der Waals surface area contributed by atoms with Crippen molar-refractivity contribution >= 4 is 6.09 Å². The number of aromatic nitrogens is 3. The topological polar surface area (TPSA) is 100 Å². The molecule has 0 saturated heterocycles. The first kappa shape index (κ1) is 9.30. The van der Waals surface area contributed by atoms with Crippen LogP contribution in [0.15, 0.2) is 4.79 Å². The van der Waals surface area contributed by atoms with E-state index in [-0.39, 0.29) is 5.69 Å². The van der Waals surface area contributed by atoms with E-state index in [9.17, 15) is 9.59 Å². The quantitative estimate of drug-likeness (QED) is 0.576. The van der Waals surface area contributed by atoms with Gasteiger partial charge < -0.3 is 10.4 Å². The second-order valence-electron chi connectivity index (χ2n) is 2.62. The maximum atomic E-state index is 10.9. The van der Waals surface area contributed by atoms with Crippen molar-refractivity contribution < 1.29 is 9.90 Å². The maximum absolute atomic E-state index is 10.9. The van der Waals surface area contributed by atoms with Crippen molar-refractivity contribution in [1.29, 1.82) is 0 Å². The van der Waals surface area contributed by atoms with Crippen molar-refractivity contribution in [3.05, 3.63) is 16.3 Å². The summed E-state index contributed by atoms with van der Waals surface area (Å²) in [7, 11) is 1.52. The number of carboxylic acid groups (broad SMARTS) is 1. The lowest BCUT2D eigenvalue weighted by Crippen LogP contribution is -2.27. The molecule has 7 nitrogen and oxygen atoms in total. The molecule has 0 radical (unpaired) electrons. The van der Waals surface area contributed by atoms with E-state index in [1.165, 1.54) is 11.6 Å². The third-order valence-electron chi connectivity index (χ3n) is 1.64. The van der Waals surface area contributed by atoms with E-state index in [1.54, 1.807) is 6.92 Å². The maximum Gasteiger partial charge on any atom is 0.405 e. The van der Waals surface area contributed by atoms with Crippen molar-refractivity contribution in [2.45, 2.75) is 13.0 Å². The Morgan fingerprint density at radius 2 is 2.38 bits per heavy atom. The Balaban J connectivity index is 2.88. The summed E-state index contributed by atoms with van der Waals surface area (Å²) >= 11 is 0. The van der Waals surface area contributed by atoms with Crippen molar-refractivity contribution in [2.75, 3.05) is 0 Å². The minimum Gasteiger partial charge on any atom is -0.465 e. The van der Waals surface area contributed by atoms with Crippen LogP contribution in [0.2, 0.25) is 0 Å². The molecule has 0 aliphatic rings. The number of rotatable bonds is 2. The number of carbonyl (C=O) groups is 1. The largest absolute Gasteiger partial charge is 0.465 e. The van der Waals surface area contributed by atoms with E-state index in [0.717, 1.165) is 0 Å². The number of aromatic amines is 1. The average molecular weight is 186 g/mol. The van der Waals surface area contributed by atoms with Gasteiger partial charge in [-0.05, 0) is 6.92 Å². The van der Waals surface area contributed by atoms with Crippen molar-refractivity contribution in [3.63, 3.8) is 0 Å². The molecule has 7 heteroatoms. The summed E-state index contributed by atoms with van der Waals surface area (Å²) in [6.45, 7) is 1.60. The van der Waals surface area contributed by atoms with E-state index >= 15 is 0 Å². The Bertz CT molecular complexity index is 366. The van der Waals surface area contributed by atoms with Crippen LogP contribution in [0.3, 0.4) is 0 Å². The Morgan fingerprint density at radius 3 is 2.77 bits per heavy atom. The minimum absolute atomic E-state index is 0.354. The summed E-state index contributed by atoms with van der Waals surface area (Å²) in [6, 6.07) is -0.513. The zero-order valence-corrected chi connectivity index (χ0v) is 7.24. The zero-order valence-electron chi connectivity index (χ0n) is 7.24. The summed E-state index contributed by atoms with van der Waals surface area (Å²) < 4.78 is 1.25. The summed E-state index contributed by atoms with van der Waals surface area (Å²) in [5.41, 5.74) is -0.367. The van der Waals surface area contributed by atoms with Gasteiger partial charge in [0.25, 0.3) is 0 Å². The summed E-state index contributed by atoms with van der Waals surface area (Å²) in [5, 5.41) is 16.5. The van der Waals surface area contributed by atoms with Crippen LogP contribution in [0.1, 0.15) is 18.8 Å². The molecule has 0 aliphatic carbocycles. The van der Waals surface area contributed by atoms with Crippen LogP contribution in [0.5, 0.6) is 0 Å². The molecular formula is C6H10N4O3. The molecule has 0 spiro atoms. The molecule has 0 aliphatic heterocycles. The van der Waals surface area contributed by atoms with Gasteiger partial charge in [-0.25, -0.2) is 14.7 Å². The SMILES string of the molecule is CC(NC(=O)O)c1n[nH]c(=O)n1C. The lowest BCUT2D eigenvalue weighted by molar-refractivity contribution is 0.190. The molecule has 1 atom stereocenters. The summed E-state index contributed by atoms with van der Waals surface area (Å²) in [6.07, 6.45) is -1.15. The van der Waals surface area contributed by atoms with E-state index in [1.807, 2.05) is 0 Å². The lowest BCUT2D eigenvalue weighted by Gasteiger charge is -2.08. The van der Waals surface area contributed by atoms with Crippen LogP contribution in [0, 0.1) is 0 Å². The molecule has 0 fully saturated rings. The molecule has 1 heterocycles. The van der Waals surface area contributed by atoms with E-state index in [4.69, 9.17) is 5.11 Å². The van der Waals surface area contributed by atoms with Crippen molar-refractivity contribution in [2.24, 2.45) is 7.05 Å². The van der Waals surface area contributed by atoms with Gasteiger partial charge in [0.1, 0.15) is 0 Å². The van der Waals surface area contributed by atoms with Gasteiger partial charge in [-0.15, -0.1) is 0 Å². The van der Waals surface area contributed by atoms with Gasteiger partial charge in [0.2, 0.25) is 0 Å². The van der Waals surface area contributed by atoms with Gasteiger partial charge in [0, 0.05) is 7.05 Å². The fourth-order valence-electron chi connectivity index (χ4n) is 0.996. The number of nitrogens with one attached hydrogen (secondary N) is 2. The number of amides is 1. The van der Waals surface area contributed by atoms with Crippen molar-refractivity contribution in [1.82, 2.24) is 20.1 Å². The molecule has 0 bridgehead atoms. The average Bonchev–Trinajstić information content (AvgIpc) is 2.31. The predicted molar refractivity (Wildman–Crippen MR) is 43.4 cm³/mol. The van der Waals surface area contributed by atoms with E-state index in [0.29, 0.717) is 5.82 Å². The van der Waals surface area contributed by atoms with Crippen LogP contribution in [0.25, 0.3) is 0 Å². The van der Waals surface area contributed by atoms with Crippen molar-refractivity contribution in [3.8, 4) is 0 Å². The normalized spacial score (nSPS) is 12.5. The minimum atomic E-state index is -1.15. The van der Waals surface area contributed by atoms with Crippen LogP contribution in [-0.2, 0) is 7.05 Å². The van der Waals surface area contributed by atoms with Crippen LogP contribution >= 0.6 is 0 Å². The van der Waals surface area contributed by atoms with Gasteiger partial charge in [-0.3, -0.25) is 4.57 Å². The highest BCUT2D eigenvalue weighted by atomic mass is 16.4. The number of H-pyrrole nitrogens is 1. The number of hydrogen-bond donors (Lipinski definition) is 3. The zero-order chi connectivity index (χ0) is 10.0.